The summed E-state index contributed by atoms with van der Waals surface area (Å²) in [6.07, 6.45) is 0. The number of carbonyl (C=O) groups excluding carboxylic acids is 1. The predicted octanol–water partition coefficient (Wildman–Crippen LogP) is 4.13. The smallest absolute Gasteiger partial charge is 0.339 e. The van der Waals surface area contributed by atoms with Crippen molar-refractivity contribution in [2.75, 3.05) is 0 Å². The molecular weight excluding hydrogens is 478 g/mol. The minimum Gasteiger partial charge on any atom is -0.457 e. The van der Waals surface area contributed by atoms with Crippen LogP contribution in [0.3, 0.4) is 0 Å². The molecule has 0 saturated carbocycles. The normalized spacial score (nSPS) is 11.2. The molecule has 4 rings (SSSR count). The number of aryl methyl sites for hydroxylation is 1. The van der Waals surface area contributed by atoms with E-state index < -0.39 is 32.3 Å². The SMILES string of the molecule is Cc1ccc2c(COC(=O)c3ccc(OS(=O)(=O)c4cccc([N+](=O)[O-])c4)cc3)cc(=O)oc2c1. The first-order chi connectivity index (χ1) is 16.6. The fourth-order valence-electron chi connectivity index (χ4n) is 3.26. The number of nitrogens with zero attached hydrogens (tertiary/aromatic N) is 1. The monoisotopic (exact) mass is 495 g/mol. The van der Waals surface area contributed by atoms with Crippen LogP contribution in [-0.4, -0.2) is 19.3 Å². The fraction of sp³-hybridized carbons (Fsp3) is 0.0833. The Morgan fingerprint density at radius 2 is 1.77 bits per heavy atom. The van der Waals surface area contributed by atoms with Crippen molar-refractivity contribution in [1.29, 1.82) is 0 Å². The lowest BCUT2D eigenvalue weighted by Gasteiger charge is -2.09. The van der Waals surface area contributed by atoms with Gasteiger partial charge in [-0.25, -0.2) is 9.59 Å². The third kappa shape index (κ3) is 5.36. The molecule has 0 saturated heterocycles. The molecule has 0 aliphatic rings. The Morgan fingerprint density at radius 1 is 1.03 bits per heavy atom. The highest BCUT2D eigenvalue weighted by molar-refractivity contribution is 7.87. The molecule has 10 nitrogen and oxygen atoms in total. The zero-order valence-corrected chi connectivity index (χ0v) is 19.0. The summed E-state index contributed by atoms with van der Waals surface area (Å²) >= 11 is 0. The van der Waals surface area contributed by atoms with Gasteiger partial charge in [-0.15, -0.1) is 0 Å². The summed E-state index contributed by atoms with van der Waals surface area (Å²) in [5.74, 6) is -0.804. The maximum absolute atomic E-state index is 12.5. The molecule has 35 heavy (non-hydrogen) atoms. The van der Waals surface area contributed by atoms with Gasteiger partial charge in [0.1, 0.15) is 22.8 Å². The molecule has 0 spiro atoms. The van der Waals surface area contributed by atoms with Crippen molar-refractivity contribution >= 4 is 32.7 Å². The average Bonchev–Trinajstić information content (AvgIpc) is 2.82. The quantitative estimate of drug-likeness (QED) is 0.121. The topological polar surface area (TPSA) is 143 Å². The van der Waals surface area contributed by atoms with E-state index in [-0.39, 0.29) is 22.8 Å². The molecule has 0 N–H and O–H groups in total. The largest absolute Gasteiger partial charge is 0.457 e. The number of nitro groups is 1. The molecule has 0 aliphatic heterocycles. The second-order valence-electron chi connectivity index (χ2n) is 7.48. The summed E-state index contributed by atoms with van der Waals surface area (Å²) in [6, 6.07) is 16.1. The number of carbonyl (C=O) groups is 1. The number of esters is 1. The van der Waals surface area contributed by atoms with E-state index in [0.717, 1.165) is 17.7 Å². The second kappa shape index (κ2) is 9.39. The van der Waals surface area contributed by atoms with Crippen molar-refractivity contribution in [2.24, 2.45) is 0 Å². The van der Waals surface area contributed by atoms with Gasteiger partial charge in [0.05, 0.1) is 10.5 Å². The van der Waals surface area contributed by atoms with Crippen LogP contribution in [0, 0.1) is 17.0 Å². The number of fused-ring (bicyclic) bond motifs is 1. The molecule has 0 aliphatic carbocycles. The summed E-state index contributed by atoms with van der Waals surface area (Å²) in [5, 5.41) is 11.5. The summed E-state index contributed by atoms with van der Waals surface area (Å²) in [5.41, 5.74) is 0.924. The highest BCUT2D eigenvalue weighted by atomic mass is 32.2. The van der Waals surface area contributed by atoms with Crippen LogP contribution in [0.1, 0.15) is 21.5 Å². The van der Waals surface area contributed by atoms with Gasteiger partial charge in [0.2, 0.25) is 0 Å². The minimum absolute atomic E-state index is 0.102. The Balaban J connectivity index is 1.46. The van der Waals surface area contributed by atoms with Gasteiger partial charge < -0.3 is 13.3 Å². The van der Waals surface area contributed by atoms with E-state index in [9.17, 15) is 28.1 Å². The van der Waals surface area contributed by atoms with Gasteiger partial charge in [0, 0.05) is 29.1 Å². The van der Waals surface area contributed by atoms with Crippen molar-refractivity contribution in [2.45, 2.75) is 18.4 Å². The van der Waals surface area contributed by atoms with Gasteiger partial charge >= 0.3 is 21.7 Å². The lowest BCUT2D eigenvalue weighted by Crippen LogP contribution is -2.11. The highest BCUT2D eigenvalue weighted by Gasteiger charge is 2.20. The minimum atomic E-state index is -4.34. The molecule has 0 atom stereocenters. The maximum Gasteiger partial charge on any atom is 0.339 e. The van der Waals surface area contributed by atoms with Gasteiger partial charge in [-0.3, -0.25) is 10.1 Å². The molecule has 0 bridgehead atoms. The van der Waals surface area contributed by atoms with Gasteiger partial charge in [-0.1, -0.05) is 18.2 Å². The first kappa shape index (κ1) is 23.6. The fourth-order valence-corrected chi connectivity index (χ4v) is 4.23. The molecule has 3 aromatic carbocycles. The molecule has 11 heteroatoms. The number of rotatable bonds is 7. The van der Waals surface area contributed by atoms with E-state index in [2.05, 4.69) is 0 Å². The molecular formula is C24H17NO9S. The van der Waals surface area contributed by atoms with Crippen LogP contribution >= 0.6 is 0 Å². The number of ether oxygens (including phenoxy) is 1. The zero-order valence-electron chi connectivity index (χ0n) is 18.2. The third-order valence-corrected chi connectivity index (χ3v) is 6.20. The van der Waals surface area contributed by atoms with Crippen LogP contribution in [0.25, 0.3) is 11.0 Å². The number of non-ortho nitro benzene ring substituents is 1. The van der Waals surface area contributed by atoms with Crippen LogP contribution < -0.4 is 9.81 Å². The van der Waals surface area contributed by atoms with E-state index in [0.29, 0.717) is 16.5 Å². The van der Waals surface area contributed by atoms with Crippen LogP contribution in [0.4, 0.5) is 5.69 Å². The summed E-state index contributed by atoms with van der Waals surface area (Å²) < 4.78 is 40.4. The molecule has 0 unspecified atom stereocenters. The molecule has 0 amide bonds. The van der Waals surface area contributed by atoms with E-state index >= 15 is 0 Å². The van der Waals surface area contributed by atoms with Gasteiger partial charge in [0.25, 0.3) is 5.69 Å². The lowest BCUT2D eigenvalue weighted by molar-refractivity contribution is -0.385. The number of nitro benzene ring substituents is 1. The van der Waals surface area contributed by atoms with E-state index in [1.807, 2.05) is 13.0 Å². The lowest BCUT2D eigenvalue weighted by atomic mass is 10.1. The zero-order chi connectivity index (χ0) is 25.2. The summed E-state index contributed by atoms with van der Waals surface area (Å²) in [7, 11) is -4.34. The maximum atomic E-state index is 12.5. The molecule has 1 heterocycles. The Morgan fingerprint density at radius 3 is 2.49 bits per heavy atom. The van der Waals surface area contributed by atoms with E-state index in [1.54, 1.807) is 12.1 Å². The van der Waals surface area contributed by atoms with Crippen LogP contribution in [0.5, 0.6) is 5.75 Å². The van der Waals surface area contributed by atoms with Crippen molar-refractivity contribution in [1.82, 2.24) is 0 Å². The van der Waals surface area contributed by atoms with Gasteiger partial charge in [-0.05, 0) is 48.9 Å². The Hall–Kier alpha value is -4.51. The number of hydrogen-bond acceptors (Lipinski definition) is 9. The third-order valence-electron chi connectivity index (χ3n) is 4.96. The Labute approximate surface area is 198 Å². The summed E-state index contributed by atoms with van der Waals surface area (Å²) in [6.45, 7) is 1.68. The molecule has 4 aromatic rings. The first-order valence-corrected chi connectivity index (χ1v) is 11.5. The molecule has 178 valence electrons. The van der Waals surface area contributed by atoms with Crippen LogP contribution in [0.15, 0.2) is 86.9 Å². The van der Waals surface area contributed by atoms with Crippen molar-refractivity contribution < 1.29 is 31.5 Å². The summed E-state index contributed by atoms with van der Waals surface area (Å²) in [4.78, 5) is 34.1. The van der Waals surface area contributed by atoms with Gasteiger partial charge in [0.15, 0.2) is 0 Å². The van der Waals surface area contributed by atoms with Crippen LogP contribution in [-0.2, 0) is 21.5 Å². The first-order valence-electron chi connectivity index (χ1n) is 10.1. The van der Waals surface area contributed by atoms with Gasteiger partial charge in [-0.2, -0.15) is 8.42 Å². The number of benzene rings is 3. The Bertz CT molecular complexity index is 1610. The van der Waals surface area contributed by atoms with E-state index in [4.69, 9.17) is 13.3 Å². The standard InChI is InChI=1S/C24H17NO9S/c1-15-5-10-21-17(12-23(26)33-22(21)11-15)14-32-24(27)16-6-8-19(9-7-16)34-35(30,31)20-4-2-3-18(13-20)25(28)29/h2-13H,14H2,1H3. The van der Waals surface area contributed by atoms with E-state index in [1.165, 1.54) is 42.5 Å². The second-order valence-corrected chi connectivity index (χ2v) is 9.03. The predicted molar refractivity (Wildman–Crippen MR) is 124 cm³/mol. The highest BCUT2D eigenvalue weighted by Crippen LogP contribution is 2.23. The molecule has 0 radical (unpaired) electrons. The van der Waals surface area contributed by atoms with Crippen LogP contribution in [0.2, 0.25) is 0 Å². The van der Waals surface area contributed by atoms with Crippen molar-refractivity contribution in [3.63, 3.8) is 0 Å². The Kier molecular flexibility index (Phi) is 6.34. The van der Waals surface area contributed by atoms with Crippen molar-refractivity contribution in [3.05, 3.63) is 110 Å². The molecule has 1 aromatic heterocycles. The van der Waals surface area contributed by atoms with Crippen molar-refractivity contribution in [3.8, 4) is 5.75 Å². The number of hydrogen-bond donors (Lipinski definition) is 0. The average molecular weight is 495 g/mol. The molecule has 0 fully saturated rings.